The second-order valence-electron chi connectivity index (χ2n) is 24.5. The van der Waals surface area contributed by atoms with Gasteiger partial charge in [0, 0.05) is 19.8 Å². The normalized spacial score (nSPS) is 50.1. The number of aliphatic hydroxyl groups is 9. The molecule has 0 aliphatic carbocycles. The van der Waals surface area contributed by atoms with Crippen LogP contribution < -0.4 is 0 Å². The molecule has 10 aliphatic rings. The number of phenolic OH excluding ortho intramolecular Hbond substituents is 2. The number of halogens is 2. The summed E-state index contributed by atoms with van der Waals surface area (Å²) in [5, 5.41) is 122. The van der Waals surface area contributed by atoms with Crippen molar-refractivity contribution in [2.75, 3.05) is 20.0 Å². The molecule has 1 aromatic rings. The van der Waals surface area contributed by atoms with Gasteiger partial charge < -0.3 is 146 Å². The highest BCUT2D eigenvalue weighted by Gasteiger charge is 2.73. The molecule has 11 rings (SSSR count). The molecule has 2 unspecified atom stereocenters. The molecule has 10 fully saturated rings. The molecular weight excluding hydrogens is 1240 g/mol. The maximum atomic E-state index is 13.3. The first kappa shape index (κ1) is 67.7. The quantitative estimate of drug-likeness (QED) is 0.0946. The van der Waals surface area contributed by atoms with Gasteiger partial charge in [0.05, 0.1) is 73.5 Å². The van der Waals surface area contributed by atoms with Crippen LogP contribution in [0.4, 0.5) is 0 Å². The molecule has 2 spiro atoms. The molecule has 10 heterocycles. The number of fused-ring (bicyclic) bond motifs is 4. The van der Waals surface area contributed by atoms with Gasteiger partial charge in [0.15, 0.2) is 55.0 Å². The van der Waals surface area contributed by atoms with Crippen LogP contribution in [-0.4, -0.2) is 283 Å². The van der Waals surface area contributed by atoms with Crippen molar-refractivity contribution in [3.05, 3.63) is 21.2 Å². The van der Waals surface area contributed by atoms with E-state index < -0.39 is 236 Å². The predicted molar refractivity (Wildman–Crippen MR) is 285 cm³/mol. The van der Waals surface area contributed by atoms with E-state index in [9.17, 15) is 65.8 Å². The Morgan fingerprint density at radius 3 is 2.01 bits per heavy atom. The number of phenols is 2. The van der Waals surface area contributed by atoms with Crippen LogP contribution in [0.3, 0.4) is 0 Å². The molecule has 0 radical (unpaired) electrons. The van der Waals surface area contributed by atoms with Gasteiger partial charge in [-0.2, -0.15) is 0 Å². The van der Waals surface area contributed by atoms with Gasteiger partial charge in [-0.15, -0.1) is 0 Å². The van der Waals surface area contributed by atoms with Crippen molar-refractivity contribution in [3.63, 3.8) is 0 Å². The van der Waals surface area contributed by atoms with Gasteiger partial charge in [0.25, 0.3) is 5.97 Å². The van der Waals surface area contributed by atoms with Crippen LogP contribution in [0, 0.1) is 6.92 Å². The molecule has 34 heteroatoms. The first-order chi connectivity index (χ1) is 41.8. The first-order valence-corrected chi connectivity index (χ1v) is 30.1. The molecule has 10 aliphatic heterocycles. The number of hydrogen-bond donors (Lipinski definition) is 11. The molecule has 11 N–H and O–H groups in total. The van der Waals surface area contributed by atoms with Gasteiger partial charge in [0.2, 0.25) is 6.29 Å². The second kappa shape index (κ2) is 25.5. The summed E-state index contributed by atoms with van der Waals surface area (Å²) in [5.41, 5.74) is -3.66. The summed E-state index contributed by atoms with van der Waals surface area (Å²) in [4.78, 5) is 25.9. The number of aliphatic hydroxyl groups excluding tert-OH is 8. The van der Waals surface area contributed by atoms with Gasteiger partial charge in [0.1, 0.15) is 102 Å². The van der Waals surface area contributed by atoms with E-state index in [0.29, 0.717) is 0 Å². The van der Waals surface area contributed by atoms with E-state index in [2.05, 4.69) is 0 Å². The third-order valence-corrected chi connectivity index (χ3v) is 19.1. The van der Waals surface area contributed by atoms with Gasteiger partial charge >= 0.3 is 17.9 Å². The van der Waals surface area contributed by atoms with Crippen molar-refractivity contribution in [2.45, 2.75) is 277 Å². The standard InChI is InChI=1S/C55H78Cl2O32/c1-16-30(34(64)32(57)35(65)31(16)56)48(69)81-39-18(3)74-28(10-24(39)61)79-40-19(4)84-53(11-25(40)62)88-45-20(5)75-29(12-52(45,9)89-53)80-43-33(63)17(2)76-50(38(43)68)82-41-26(13-58)78-49(37(67)36(41)66)83-51-44(77-23(8)60)42-27(14-71-51)86-55(87-42)47-46(72-15-73-47)54(70,21(6)59)22(7)85-55/h17-22,24-29,33,36-47,49-51,58-59,61-68,70H,10-15H2,1-9H3/t17-,18-,19-,20-,21?,22-,24-,25-,26-,27+,28+,29+,33+,36-,37+,38-,39-,40-,41-,42-,43+,44-,45-,46-,47-,49+,50+,51-,52-,53?,54+,55-/m1/s1. The summed E-state index contributed by atoms with van der Waals surface area (Å²) in [7, 11) is 0. The molecule has 32 atom stereocenters. The number of carbonyl (C=O) groups excluding carboxylic acids is 2. The lowest BCUT2D eigenvalue weighted by Crippen LogP contribution is -2.72. The number of carbonyl (C=O) groups is 2. The topological polar surface area (TPSA) is 432 Å². The average Bonchev–Trinajstić information content (AvgIpc) is 1.63. The lowest BCUT2D eigenvalue weighted by atomic mass is 9.80. The van der Waals surface area contributed by atoms with Crippen molar-refractivity contribution in [2.24, 2.45) is 0 Å². The monoisotopic (exact) mass is 1320 g/mol. The predicted octanol–water partition coefficient (Wildman–Crippen LogP) is -2.06. The van der Waals surface area contributed by atoms with Gasteiger partial charge in [-0.1, -0.05) is 23.2 Å². The fraction of sp³-hybridized carbons (Fsp3) is 0.855. The minimum absolute atomic E-state index is 0.0173. The van der Waals surface area contributed by atoms with Crippen LogP contribution in [0.5, 0.6) is 11.5 Å². The molecule has 0 bridgehead atoms. The average molecular weight is 1320 g/mol. The zero-order valence-corrected chi connectivity index (χ0v) is 51.2. The molecule has 0 saturated carbocycles. The van der Waals surface area contributed by atoms with Crippen molar-refractivity contribution < 1.29 is 156 Å². The second-order valence-corrected chi connectivity index (χ2v) is 25.3. The van der Waals surface area contributed by atoms with Gasteiger partial charge in [-0.05, 0) is 61.0 Å². The fourth-order valence-corrected chi connectivity index (χ4v) is 14.1. The van der Waals surface area contributed by atoms with Crippen LogP contribution in [0.25, 0.3) is 0 Å². The molecular formula is C55H78Cl2O32. The number of esters is 2. The maximum Gasteiger partial charge on any atom is 0.342 e. The van der Waals surface area contributed by atoms with Crippen LogP contribution in [0.2, 0.25) is 10.0 Å². The Hall–Kier alpha value is -2.70. The summed E-state index contributed by atoms with van der Waals surface area (Å²) in [6.45, 7) is 11.7. The minimum atomic E-state index is -2.07. The SMILES string of the molecule is CC(=O)O[C@H]1[C@@H](O[C@@H]2O[C@H](CO)[C@@H](O[C@@H]3O[C@H](C)[C@H](O)[C@H](O[C@H]4C[C@@]5(C)OC6(C[C@@H](O)[C@H](O[C@H]7C[C@@H](O)[C@H](OC(=O)c8c(C)c(Cl)c(O)c(Cl)c8O)[C@@H](C)O7)[C@@H](C)O6)O[C@@H]5[C@@H](C)O4)[C@H]3O)[C@H](O)[C@@H]2O)OC[C@@H]2O[C@]3(O[C@@H]12)O[C@H](C)[C@@](O)(C(C)O)[C@@H]1OCO[C@H]13. The van der Waals surface area contributed by atoms with Crippen LogP contribution in [0.15, 0.2) is 0 Å². The van der Waals surface area contributed by atoms with Crippen LogP contribution >= 0.6 is 23.2 Å². The molecule has 32 nitrogen and oxygen atoms in total. The summed E-state index contributed by atoms with van der Waals surface area (Å²) in [6, 6.07) is 0. The van der Waals surface area contributed by atoms with Crippen molar-refractivity contribution >= 4 is 35.1 Å². The van der Waals surface area contributed by atoms with E-state index in [4.69, 9.17) is 113 Å². The molecule has 0 aromatic heterocycles. The van der Waals surface area contributed by atoms with E-state index in [1.807, 2.05) is 0 Å². The van der Waals surface area contributed by atoms with Crippen LogP contribution in [0.1, 0.15) is 90.6 Å². The fourth-order valence-electron chi connectivity index (χ4n) is 13.7. The largest absolute Gasteiger partial charge is 0.505 e. The number of ether oxygens (including phenoxy) is 19. The Bertz CT molecular complexity index is 2680. The third kappa shape index (κ3) is 12.1. The zero-order valence-electron chi connectivity index (χ0n) is 49.7. The Morgan fingerprint density at radius 1 is 0.652 bits per heavy atom. The van der Waals surface area contributed by atoms with E-state index >= 15 is 0 Å². The Kier molecular flexibility index (Phi) is 19.4. The highest BCUT2D eigenvalue weighted by atomic mass is 35.5. The highest BCUT2D eigenvalue weighted by Crippen LogP contribution is 2.53. The Labute approximate surface area is 518 Å². The third-order valence-electron chi connectivity index (χ3n) is 18.3. The smallest absolute Gasteiger partial charge is 0.342 e. The van der Waals surface area contributed by atoms with E-state index in [-0.39, 0.29) is 43.2 Å². The van der Waals surface area contributed by atoms with E-state index in [1.165, 1.54) is 34.6 Å². The van der Waals surface area contributed by atoms with Crippen molar-refractivity contribution in [1.29, 1.82) is 0 Å². The number of hydrogen-bond acceptors (Lipinski definition) is 32. The summed E-state index contributed by atoms with van der Waals surface area (Å²) >= 11 is 12.1. The number of benzene rings is 1. The summed E-state index contributed by atoms with van der Waals surface area (Å²) < 4.78 is 115. The lowest BCUT2D eigenvalue weighted by Gasteiger charge is -2.51. The van der Waals surface area contributed by atoms with E-state index in [1.54, 1.807) is 20.8 Å². The first-order valence-electron chi connectivity index (χ1n) is 29.4. The van der Waals surface area contributed by atoms with Crippen LogP contribution in [-0.2, 0) is 94.8 Å². The summed E-state index contributed by atoms with van der Waals surface area (Å²) in [6.07, 6.45) is -38.5. The molecule has 0 amide bonds. The minimum Gasteiger partial charge on any atom is -0.505 e. The van der Waals surface area contributed by atoms with Gasteiger partial charge in [-0.25, -0.2) is 4.79 Å². The lowest BCUT2D eigenvalue weighted by molar-refractivity contribution is -0.439. The Balaban J connectivity index is 0.693. The number of aromatic hydroxyl groups is 2. The Morgan fingerprint density at radius 2 is 1.34 bits per heavy atom. The maximum absolute atomic E-state index is 13.3. The zero-order chi connectivity index (χ0) is 64.5. The van der Waals surface area contributed by atoms with E-state index in [0.717, 1.165) is 6.92 Å². The van der Waals surface area contributed by atoms with Gasteiger partial charge in [-0.3, -0.25) is 4.79 Å². The highest BCUT2D eigenvalue weighted by molar-refractivity contribution is 6.39. The summed E-state index contributed by atoms with van der Waals surface area (Å²) in [5.74, 6) is -7.23. The molecule has 504 valence electrons. The van der Waals surface area contributed by atoms with Crippen molar-refractivity contribution in [1.82, 2.24) is 0 Å². The number of rotatable bonds is 13. The molecule has 89 heavy (non-hydrogen) atoms. The molecule has 10 saturated heterocycles. The molecule has 1 aromatic carbocycles. The van der Waals surface area contributed by atoms with Crippen molar-refractivity contribution in [3.8, 4) is 11.5 Å².